The lowest BCUT2D eigenvalue weighted by Crippen LogP contribution is -2.01. The van der Waals surface area contributed by atoms with Crippen molar-refractivity contribution in [1.82, 2.24) is 4.98 Å². The summed E-state index contributed by atoms with van der Waals surface area (Å²) in [6.07, 6.45) is 4.18. The molecule has 14 heavy (non-hydrogen) atoms. The van der Waals surface area contributed by atoms with Crippen molar-refractivity contribution in [3.05, 3.63) is 35.4 Å². The number of pyridine rings is 1. The largest absolute Gasteiger partial charge is 0.485 e. The first-order valence-corrected chi connectivity index (χ1v) is 4.38. The highest BCUT2D eigenvalue weighted by Crippen LogP contribution is 2.15. The van der Waals surface area contributed by atoms with Crippen LogP contribution in [0.2, 0.25) is 5.02 Å². The summed E-state index contributed by atoms with van der Waals surface area (Å²) in [5.41, 5.74) is 5.12. The van der Waals surface area contributed by atoms with Crippen molar-refractivity contribution in [1.29, 1.82) is 0 Å². The Labute approximate surface area is 86.3 Å². The van der Waals surface area contributed by atoms with Gasteiger partial charge in [-0.05, 0) is 6.08 Å². The summed E-state index contributed by atoms with van der Waals surface area (Å²) in [6, 6.07) is 1.56. The fourth-order valence-electron chi connectivity index (χ4n) is 0.810. The average molecular weight is 217 g/mol. The zero-order valence-corrected chi connectivity index (χ0v) is 8.17. The molecule has 0 bridgehead atoms. The Morgan fingerprint density at radius 3 is 3.07 bits per heavy atom. The maximum atomic E-state index is 12.8. The lowest BCUT2D eigenvalue weighted by Gasteiger charge is -2.03. The van der Waals surface area contributed by atoms with E-state index in [4.69, 9.17) is 22.1 Å². The minimum absolute atomic E-state index is 0.154. The molecule has 0 aliphatic heterocycles. The third kappa shape index (κ3) is 3.72. The molecule has 0 atom stereocenters. The molecule has 0 aromatic carbocycles. The Kier molecular flexibility index (Phi) is 4.35. The van der Waals surface area contributed by atoms with Crippen molar-refractivity contribution in [3.63, 3.8) is 0 Å². The van der Waals surface area contributed by atoms with Crippen LogP contribution in [0.15, 0.2) is 30.4 Å². The van der Waals surface area contributed by atoms with E-state index in [1.807, 2.05) is 0 Å². The molecule has 1 aromatic heterocycles. The Morgan fingerprint density at radius 2 is 2.43 bits per heavy atom. The van der Waals surface area contributed by atoms with Crippen molar-refractivity contribution in [2.75, 3.05) is 13.2 Å². The van der Waals surface area contributed by atoms with Crippen LogP contribution >= 0.6 is 11.6 Å². The molecule has 5 heteroatoms. The van der Waals surface area contributed by atoms with E-state index in [-0.39, 0.29) is 13.2 Å². The van der Waals surface area contributed by atoms with Crippen LogP contribution in [-0.2, 0) is 0 Å². The summed E-state index contributed by atoms with van der Waals surface area (Å²) in [6.45, 7) is 0.00219. The molecular weight excluding hydrogens is 207 g/mol. The van der Waals surface area contributed by atoms with Crippen LogP contribution in [0, 0.1) is 0 Å². The van der Waals surface area contributed by atoms with Gasteiger partial charge in [0.2, 0.25) is 0 Å². The van der Waals surface area contributed by atoms with Crippen LogP contribution in [0.25, 0.3) is 0 Å². The number of hydrogen-bond acceptors (Lipinski definition) is 3. The first-order valence-electron chi connectivity index (χ1n) is 4.00. The van der Waals surface area contributed by atoms with Gasteiger partial charge in [0.05, 0.1) is 11.2 Å². The maximum Gasteiger partial charge on any atom is 0.139 e. The summed E-state index contributed by atoms with van der Waals surface area (Å²) in [7, 11) is 0. The van der Waals surface area contributed by atoms with E-state index in [1.165, 1.54) is 18.5 Å². The van der Waals surface area contributed by atoms with Crippen molar-refractivity contribution in [2.45, 2.75) is 0 Å². The Balaban J connectivity index is 2.49. The molecule has 0 spiro atoms. The zero-order valence-electron chi connectivity index (χ0n) is 7.41. The van der Waals surface area contributed by atoms with E-state index in [0.717, 1.165) is 0 Å². The fourth-order valence-corrected chi connectivity index (χ4v) is 0.974. The van der Waals surface area contributed by atoms with Gasteiger partial charge in [-0.1, -0.05) is 11.6 Å². The average Bonchev–Trinajstić information content (AvgIpc) is 2.15. The summed E-state index contributed by atoms with van der Waals surface area (Å²) in [4.78, 5) is 3.78. The van der Waals surface area contributed by atoms with Gasteiger partial charge in [0.25, 0.3) is 0 Å². The predicted octanol–water partition coefficient (Wildman–Crippen LogP) is 1.93. The third-order valence-corrected chi connectivity index (χ3v) is 1.60. The third-order valence-electron chi connectivity index (χ3n) is 1.40. The molecule has 0 aliphatic rings. The highest BCUT2D eigenvalue weighted by molar-refractivity contribution is 6.30. The minimum atomic E-state index is -0.410. The predicted molar refractivity (Wildman–Crippen MR) is 53.0 cm³/mol. The maximum absolute atomic E-state index is 12.8. The SMILES string of the molecule is NC/C=C(/F)COc1cncc(Cl)c1. The van der Waals surface area contributed by atoms with Crippen LogP contribution < -0.4 is 10.5 Å². The van der Waals surface area contributed by atoms with E-state index in [0.29, 0.717) is 10.8 Å². The van der Waals surface area contributed by atoms with Gasteiger partial charge in [0.1, 0.15) is 18.2 Å². The van der Waals surface area contributed by atoms with Crippen molar-refractivity contribution in [3.8, 4) is 5.75 Å². The number of nitrogens with two attached hydrogens (primary N) is 1. The number of ether oxygens (including phenoxy) is 1. The number of nitrogens with zero attached hydrogens (tertiary/aromatic N) is 1. The Bertz CT molecular complexity index is 330. The minimum Gasteiger partial charge on any atom is -0.485 e. The summed E-state index contributed by atoms with van der Waals surface area (Å²) < 4.78 is 17.8. The topological polar surface area (TPSA) is 48.1 Å². The molecule has 0 fully saturated rings. The zero-order chi connectivity index (χ0) is 10.4. The van der Waals surface area contributed by atoms with Crippen molar-refractivity contribution in [2.24, 2.45) is 5.73 Å². The highest BCUT2D eigenvalue weighted by Gasteiger charge is 1.98. The summed E-state index contributed by atoms with van der Waals surface area (Å²) in [5, 5.41) is 0.450. The molecular formula is C9H10ClFN2O. The van der Waals surface area contributed by atoms with E-state index >= 15 is 0 Å². The fraction of sp³-hybridized carbons (Fsp3) is 0.222. The molecule has 1 heterocycles. The molecule has 2 N–H and O–H groups in total. The molecule has 0 aliphatic carbocycles. The van der Waals surface area contributed by atoms with Crippen LogP contribution in [0.3, 0.4) is 0 Å². The van der Waals surface area contributed by atoms with Gasteiger partial charge in [0.15, 0.2) is 0 Å². The lowest BCUT2D eigenvalue weighted by atomic mass is 10.4. The second-order valence-corrected chi connectivity index (χ2v) is 2.95. The smallest absolute Gasteiger partial charge is 0.139 e. The van der Waals surface area contributed by atoms with Crippen LogP contribution in [-0.4, -0.2) is 18.1 Å². The molecule has 0 radical (unpaired) electrons. The highest BCUT2D eigenvalue weighted by atomic mass is 35.5. The van der Waals surface area contributed by atoms with Crippen LogP contribution in [0.4, 0.5) is 4.39 Å². The van der Waals surface area contributed by atoms with E-state index in [2.05, 4.69) is 4.98 Å². The molecule has 0 saturated heterocycles. The summed E-state index contributed by atoms with van der Waals surface area (Å²) in [5.74, 6) is 0.0190. The quantitative estimate of drug-likeness (QED) is 0.837. The second kappa shape index (κ2) is 5.57. The molecule has 1 aromatic rings. The molecule has 0 amide bonds. The first kappa shape index (κ1) is 10.9. The van der Waals surface area contributed by atoms with Gasteiger partial charge in [-0.25, -0.2) is 4.39 Å². The molecule has 0 unspecified atom stereocenters. The number of hydrogen-bond donors (Lipinski definition) is 1. The van der Waals surface area contributed by atoms with E-state index < -0.39 is 5.83 Å². The van der Waals surface area contributed by atoms with Gasteiger partial charge in [-0.2, -0.15) is 0 Å². The molecule has 1 rings (SSSR count). The van der Waals surface area contributed by atoms with E-state index in [9.17, 15) is 4.39 Å². The first-order chi connectivity index (χ1) is 6.72. The van der Waals surface area contributed by atoms with Gasteiger partial charge >= 0.3 is 0 Å². The van der Waals surface area contributed by atoms with Gasteiger partial charge in [-0.15, -0.1) is 0 Å². The normalized spacial score (nSPS) is 11.5. The Morgan fingerprint density at radius 1 is 1.64 bits per heavy atom. The number of halogens is 2. The van der Waals surface area contributed by atoms with Crippen LogP contribution in [0.1, 0.15) is 0 Å². The van der Waals surface area contributed by atoms with Gasteiger partial charge in [-0.3, -0.25) is 4.98 Å². The van der Waals surface area contributed by atoms with Crippen molar-refractivity contribution < 1.29 is 9.13 Å². The molecule has 3 nitrogen and oxygen atoms in total. The Hall–Kier alpha value is -1.13. The summed E-state index contributed by atoms with van der Waals surface area (Å²) >= 11 is 5.65. The molecule has 76 valence electrons. The second-order valence-electron chi connectivity index (χ2n) is 2.51. The number of aromatic nitrogens is 1. The van der Waals surface area contributed by atoms with Gasteiger partial charge in [0, 0.05) is 18.8 Å². The van der Waals surface area contributed by atoms with E-state index in [1.54, 1.807) is 6.07 Å². The van der Waals surface area contributed by atoms with Crippen molar-refractivity contribution >= 4 is 11.6 Å². The monoisotopic (exact) mass is 216 g/mol. The van der Waals surface area contributed by atoms with Crippen LogP contribution in [0.5, 0.6) is 5.75 Å². The number of rotatable bonds is 4. The molecule has 0 saturated carbocycles. The lowest BCUT2D eigenvalue weighted by molar-refractivity contribution is 0.317. The van der Waals surface area contributed by atoms with Gasteiger partial charge < -0.3 is 10.5 Å². The standard InChI is InChI=1S/C9H10ClFN2O/c10-7-3-9(5-13-4-7)14-6-8(11)1-2-12/h1,3-5H,2,6,12H2/b8-1+.